The maximum Gasteiger partial charge on any atom is 0.124 e. The van der Waals surface area contributed by atoms with Gasteiger partial charge < -0.3 is 14.4 Å². The number of aromatic nitrogens is 6. The smallest absolute Gasteiger partial charge is 0.124 e. The molecule has 5 rings (SSSR count). The fraction of sp³-hybridized carbons (Fsp3) is 0.200. The second-order valence-corrected chi connectivity index (χ2v) is 8.01. The molecule has 172 valence electrons. The molecule has 3 aromatic heterocycles. The van der Waals surface area contributed by atoms with Crippen LogP contribution in [0.4, 0.5) is 11.4 Å². The van der Waals surface area contributed by atoms with E-state index in [1.807, 2.05) is 69.1 Å². The van der Waals surface area contributed by atoms with E-state index in [-0.39, 0.29) is 0 Å². The van der Waals surface area contributed by atoms with Gasteiger partial charge in [0.05, 0.1) is 56.1 Å². The Hall–Kier alpha value is -4.40. The molecule has 3 heterocycles. The number of aryl methyl sites for hydroxylation is 2. The minimum absolute atomic E-state index is 0.603. The molecule has 0 fully saturated rings. The molecule has 0 aliphatic heterocycles. The molecule has 0 amide bonds. The lowest BCUT2D eigenvalue weighted by molar-refractivity contribution is 0.394. The highest BCUT2D eigenvalue weighted by atomic mass is 16.5. The quantitative estimate of drug-likeness (QED) is 0.365. The molecule has 0 bridgehead atoms. The number of ether oxygens (including phenoxy) is 2. The van der Waals surface area contributed by atoms with Crippen molar-refractivity contribution in [2.24, 2.45) is 14.1 Å². The van der Waals surface area contributed by atoms with Crippen LogP contribution in [0.25, 0.3) is 22.3 Å². The zero-order valence-electron chi connectivity index (χ0n) is 19.5. The van der Waals surface area contributed by atoms with E-state index in [1.165, 1.54) is 0 Å². The second-order valence-electron chi connectivity index (χ2n) is 8.01. The molecule has 0 N–H and O–H groups in total. The Morgan fingerprint density at radius 1 is 0.794 bits per heavy atom. The van der Waals surface area contributed by atoms with Crippen LogP contribution in [0.5, 0.6) is 11.5 Å². The van der Waals surface area contributed by atoms with E-state index < -0.39 is 0 Å². The fourth-order valence-corrected chi connectivity index (χ4v) is 3.88. The molecule has 5 aromatic rings. The van der Waals surface area contributed by atoms with Gasteiger partial charge in [0.25, 0.3) is 0 Å². The van der Waals surface area contributed by atoms with Gasteiger partial charge in [0.15, 0.2) is 0 Å². The third kappa shape index (κ3) is 4.27. The summed E-state index contributed by atoms with van der Waals surface area (Å²) in [6.07, 6.45) is 9.37. The Bertz CT molecular complexity index is 1430. The summed E-state index contributed by atoms with van der Waals surface area (Å²) in [7, 11) is 7.09. The highest BCUT2D eigenvalue weighted by Gasteiger charge is 2.16. The minimum Gasteiger partial charge on any atom is -0.497 e. The zero-order valence-corrected chi connectivity index (χ0v) is 19.5. The van der Waals surface area contributed by atoms with Gasteiger partial charge in [0.2, 0.25) is 0 Å². The predicted molar refractivity (Wildman–Crippen MR) is 130 cm³/mol. The summed E-state index contributed by atoms with van der Waals surface area (Å²) >= 11 is 0. The molecule has 0 aliphatic rings. The summed E-state index contributed by atoms with van der Waals surface area (Å²) in [6.45, 7) is 0.603. The van der Waals surface area contributed by atoms with Crippen molar-refractivity contribution in [2.75, 3.05) is 19.1 Å². The van der Waals surface area contributed by atoms with Crippen molar-refractivity contribution in [1.82, 2.24) is 29.5 Å². The van der Waals surface area contributed by atoms with E-state index in [0.29, 0.717) is 18.0 Å². The van der Waals surface area contributed by atoms with Gasteiger partial charge in [0, 0.05) is 67.2 Å². The summed E-state index contributed by atoms with van der Waals surface area (Å²) in [5, 5.41) is 8.58. The van der Waals surface area contributed by atoms with Crippen molar-refractivity contribution in [3.63, 3.8) is 0 Å². The molecule has 34 heavy (non-hydrogen) atoms. The SMILES string of the molecule is COc1cc(OC)cc(N(Cc2cnn(C)c2)c2ccc3ncc(-c4cnn(C)c4)nc3c2)c1. The van der Waals surface area contributed by atoms with Crippen LogP contribution in [0.1, 0.15) is 5.56 Å². The van der Waals surface area contributed by atoms with E-state index in [2.05, 4.69) is 20.1 Å². The average molecular weight is 456 g/mol. The highest BCUT2D eigenvalue weighted by molar-refractivity contribution is 5.82. The molecular weight excluding hydrogens is 430 g/mol. The normalized spacial score (nSPS) is 11.1. The zero-order chi connectivity index (χ0) is 23.7. The Morgan fingerprint density at radius 3 is 2.18 bits per heavy atom. The van der Waals surface area contributed by atoms with E-state index in [0.717, 1.165) is 39.2 Å². The van der Waals surface area contributed by atoms with Crippen molar-refractivity contribution < 1.29 is 9.47 Å². The lowest BCUT2D eigenvalue weighted by atomic mass is 10.1. The molecule has 0 spiro atoms. The molecule has 2 aromatic carbocycles. The number of fused-ring (bicyclic) bond motifs is 1. The molecule has 9 heteroatoms. The summed E-state index contributed by atoms with van der Waals surface area (Å²) in [5.74, 6) is 1.43. The van der Waals surface area contributed by atoms with Gasteiger partial charge in [-0.15, -0.1) is 0 Å². The number of rotatable bonds is 7. The van der Waals surface area contributed by atoms with Crippen LogP contribution < -0.4 is 14.4 Å². The van der Waals surface area contributed by atoms with Crippen LogP contribution in [0.2, 0.25) is 0 Å². The van der Waals surface area contributed by atoms with Crippen molar-refractivity contribution in [3.8, 4) is 22.8 Å². The summed E-state index contributed by atoms with van der Waals surface area (Å²) in [6, 6.07) is 11.9. The first kappa shape index (κ1) is 21.4. The second kappa shape index (κ2) is 8.86. The van der Waals surface area contributed by atoms with Gasteiger partial charge in [-0.05, 0) is 18.2 Å². The van der Waals surface area contributed by atoms with Crippen molar-refractivity contribution in [1.29, 1.82) is 0 Å². The van der Waals surface area contributed by atoms with Gasteiger partial charge in [-0.3, -0.25) is 14.3 Å². The van der Waals surface area contributed by atoms with E-state index in [4.69, 9.17) is 14.5 Å². The van der Waals surface area contributed by atoms with Crippen LogP contribution in [-0.4, -0.2) is 43.7 Å². The van der Waals surface area contributed by atoms with Crippen molar-refractivity contribution in [2.45, 2.75) is 6.54 Å². The highest BCUT2D eigenvalue weighted by Crippen LogP contribution is 2.35. The molecular formula is C25H25N7O2. The molecule has 0 saturated heterocycles. The van der Waals surface area contributed by atoms with E-state index in [9.17, 15) is 0 Å². The number of anilines is 2. The topological polar surface area (TPSA) is 83.1 Å². The number of hydrogen-bond donors (Lipinski definition) is 0. The standard InChI is InChI=1S/C25H25N7O2/c1-30-14-17(11-27-30)15-32(20-7-21(33-3)10-22(8-20)34-4)19-5-6-23-24(9-19)29-25(13-26-23)18-12-28-31(2)16-18/h5-14,16H,15H2,1-4H3. The van der Waals surface area contributed by atoms with Crippen LogP contribution in [0.3, 0.4) is 0 Å². The number of nitrogens with zero attached hydrogens (tertiary/aromatic N) is 7. The Labute approximate surface area is 197 Å². The Kier molecular flexibility index (Phi) is 5.59. The fourth-order valence-electron chi connectivity index (χ4n) is 3.88. The monoisotopic (exact) mass is 455 g/mol. The van der Waals surface area contributed by atoms with Crippen LogP contribution in [0, 0.1) is 0 Å². The van der Waals surface area contributed by atoms with Gasteiger partial charge >= 0.3 is 0 Å². The number of methoxy groups -OCH3 is 2. The average Bonchev–Trinajstić information content (AvgIpc) is 3.49. The number of hydrogen-bond acceptors (Lipinski definition) is 7. The van der Waals surface area contributed by atoms with Gasteiger partial charge in [-0.25, -0.2) is 4.98 Å². The van der Waals surface area contributed by atoms with Gasteiger partial charge in [0.1, 0.15) is 11.5 Å². The third-order valence-corrected chi connectivity index (χ3v) is 5.59. The summed E-state index contributed by atoms with van der Waals surface area (Å²) in [5.41, 5.74) is 6.28. The van der Waals surface area contributed by atoms with E-state index in [1.54, 1.807) is 36.0 Å². The summed E-state index contributed by atoms with van der Waals surface area (Å²) < 4.78 is 14.6. The maximum atomic E-state index is 5.52. The lowest BCUT2D eigenvalue weighted by Gasteiger charge is -2.26. The van der Waals surface area contributed by atoms with E-state index >= 15 is 0 Å². The first-order valence-electron chi connectivity index (χ1n) is 10.8. The predicted octanol–water partition coefficient (Wildman–Crippen LogP) is 4.12. The van der Waals surface area contributed by atoms with Crippen molar-refractivity contribution >= 4 is 22.4 Å². The maximum absolute atomic E-state index is 5.52. The Balaban J connectivity index is 1.62. The first-order chi connectivity index (χ1) is 16.5. The minimum atomic E-state index is 0.603. The molecule has 9 nitrogen and oxygen atoms in total. The van der Waals surface area contributed by atoms with Crippen LogP contribution in [0.15, 0.2) is 67.4 Å². The van der Waals surface area contributed by atoms with Crippen molar-refractivity contribution in [3.05, 3.63) is 72.9 Å². The Morgan fingerprint density at radius 2 is 1.53 bits per heavy atom. The van der Waals surface area contributed by atoms with Crippen LogP contribution >= 0.6 is 0 Å². The van der Waals surface area contributed by atoms with Crippen LogP contribution in [-0.2, 0) is 20.6 Å². The largest absolute Gasteiger partial charge is 0.497 e. The molecule has 0 atom stereocenters. The molecule has 0 saturated carbocycles. The summed E-state index contributed by atoms with van der Waals surface area (Å²) in [4.78, 5) is 11.7. The van der Waals surface area contributed by atoms with Gasteiger partial charge in [-0.2, -0.15) is 10.2 Å². The lowest BCUT2D eigenvalue weighted by Crippen LogP contribution is -2.16. The molecule has 0 aliphatic carbocycles. The van der Waals surface area contributed by atoms with Gasteiger partial charge in [-0.1, -0.05) is 0 Å². The molecule has 0 radical (unpaired) electrons. The number of benzene rings is 2. The third-order valence-electron chi connectivity index (χ3n) is 5.59. The molecule has 0 unspecified atom stereocenters. The first-order valence-corrected chi connectivity index (χ1v) is 10.8.